The maximum absolute atomic E-state index is 12.9. The maximum Gasteiger partial charge on any atom is 0.306 e. The normalized spacial score (nSPS) is 12.8. The van der Waals surface area contributed by atoms with Crippen LogP contribution in [0.5, 0.6) is 0 Å². The van der Waals surface area contributed by atoms with Crippen LogP contribution in [0.2, 0.25) is 0 Å². The molecular weight excluding hydrogens is 889 g/mol. The van der Waals surface area contributed by atoms with Crippen LogP contribution in [0.25, 0.3) is 0 Å². The van der Waals surface area contributed by atoms with Gasteiger partial charge in [0.15, 0.2) is 6.10 Å². The second-order valence-electron chi connectivity index (χ2n) is 19.9. The summed E-state index contributed by atoms with van der Waals surface area (Å²) >= 11 is 0. The van der Waals surface area contributed by atoms with Crippen molar-refractivity contribution in [3.63, 3.8) is 0 Å². The third-order valence-electron chi connectivity index (χ3n) is 12.8. The van der Waals surface area contributed by atoms with Gasteiger partial charge in [0.1, 0.15) is 13.2 Å². The molecule has 0 heterocycles. The van der Waals surface area contributed by atoms with E-state index < -0.39 is 6.10 Å². The maximum atomic E-state index is 12.9. The summed E-state index contributed by atoms with van der Waals surface area (Å²) in [6.07, 6.45) is 79.7. The Hall–Kier alpha value is -3.67. The fourth-order valence-corrected chi connectivity index (χ4v) is 8.28. The van der Waals surface area contributed by atoms with Crippen LogP contribution < -0.4 is 0 Å². The number of unbranched alkanes of at least 4 members (excludes halogenated alkanes) is 28. The number of esters is 3. The second-order valence-corrected chi connectivity index (χ2v) is 19.9. The van der Waals surface area contributed by atoms with Gasteiger partial charge in [-0.1, -0.05) is 246 Å². The monoisotopic (exact) mass is 1000 g/mol. The summed E-state index contributed by atoms with van der Waals surface area (Å²) in [6.45, 7) is 6.49. The first-order valence-corrected chi connectivity index (χ1v) is 30.3. The second kappa shape index (κ2) is 59.9. The van der Waals surface area contributed by atoms with E-state index >= 15 is 0 Å². The third-order valence-corrected chi connectivity index (χ3v) is 12.8. The summed E-state index contributed by atoms with van der Waals surface area (Å²) in [4.78, 5) is 38.2. The van der Waals surface area contributed by atoms with Crippen molar-refractivity contribution in [1.29, 1.82) is 0 Å². The molecule has 0 aromatic rings. The molecule has 0 saturated heterocycles. The molecule has 1 unspecified atom stereocenters. The van der Waals surface area contributed by atoms with E-state index in [1.54, 1.807) is 0 Å². The molecule has 72 heavy (non-hydrogen) atoms. The highest BCUT2D eigenvalue weighted by Crippen LogP contribution is 2.15. The van der Waals surface area contributed by atoms with Gasteiger partial charge in [0, 0.05) is 19.3 Å². The number of hydrogen-bond acceptors (Lipinski definition) is 6. The Balaban J connectivity index is 4.48. The van der Waals surface area contributed by atoms with E-state index in [0.29, 0.717) is 19.3 Å². The van der Waals surface area contributed by atoms with E-state index in [4.69, 9.17) is 14.2 Å². The summed E-state index contributed by atoms with van der Waals surface area (Å²) in [5, 5.41) is 0. The third kappa shape index (κ3) is 57.2. The van der Waals surface area contributed by atoms with E-state index in [9.17, 15) is 14.4 Å². The number of rotatable bonds is 54. The summed E-state index contributed by atoms with van der Waals surface area (Å²) in [7, 11) is 0. The average molecular weight is 1000 g/mol. The van der Waals surface area contributed by atoms with Crippen molar-refractivity contribution in [3.8, 4) is 0 Å². The number of carbonyl (C=O) groups excluding carboxylic acids is 3. The largest absolute Gasteiger partial charge is 0.462 e. The number of allylic oxidation sites excluding steroid dienone is 16. The molecule has 0 fully saturated rings. The van der Waals surface area contributed by atoms with Gasteiger partial charge < -0.3 is 14.2 Å². The molecular formula is C66H112O6. The highest BCUT2D eigenvalue weighted by atomic mass is 16.6. The van der Waals surface area contributed by atoms with E-state index in [1.807, 2.05) is 0 Å². The van der Waals surface area contributed by atoms with Crippen LogP contribution in [0.3, 0.4) is 0 Å². The lowest BCUT2D eigenvalue weighted by Crippen LogP contribution is -2.30. The molecule has 6 heteroatoms. The molecule has 0 aromatic carbocycles. The molecule has 0 radical (unpaired) electrons. The van der Waals surface area contributed by atoms with Gasteiger partial charge in [-0.15, -0.1) is 0 Å². The number of hydrogen-bond donors (Lipinski definition) is 0. The standard InChI is InChI=1S/C66H112O6/c1-4-7-10-13-16-19-22-25-28-31-33-36-38-41-44-47-50-53-56-59-65(68)71-62-63(61-70-64(67)58-55-52-49-46-43-40-37-34-30-27-24-21-18-15-12-9-6-3)72-66(69)60-57-54-51-48-45-42-39-35-32-29-26-23-20-17-14-11-8-5-2/h7,10,16,19,25,27-30,32-33,35-36,39,41,44,63H,4-6,8-9,11-15,17-18,20-24,26,31,34,37-38,40,42-43,45-62H2,1-3H3/b10-7-,19-16-,28-25-,30-27-,32-29-,36-33-,39-35-,44-41-. The van der Waals surface area contributed by atoms with E-state index in [0.717, 1.165) is 116 Å². The van der Waals surface area contributed by atoms with Crippen LogP contribution in [-0.4, -0.2) is 37.2 Å². The van der Waals surface area contributed by atoms with E-state index in [-0.39, 0.29) is 31.1 Å². The Morgan fingerprint density at radius 3 is 0.958 bits per heavy atom. The topological polar surface area (TPSA) is 78.9 Å². The zero-order chi connectivity index (χ0) is 52.2. The lowest BCUT2D eigenvalue weighted by Gasteiger charge is -2.18. The summed E-state index contributed by atoms with van der Waals surface area (Å²) in [6, 6.07) is 0. The summed E-state index contributed by atoms with van der Waals surface area (Å²) in [5.41, 5.74) is 0. The fourth-order valence-electron chi connectivity index (χ4n) is 8.28. The average Bonchev–Trinajstić information content (AvgIpc) is 3.38. The van der Waals surface area contributed by atoms with Crippen molar-refractivity contribution in [2.75, 3.05) is 13.2 Å². The summed E-state index contributed by atoms with van der Waals surface area (Å²) < 4.78 is 16.9. The molecule has 0 aliphatic carbocycles. The highest BCUT2D eigenvalue weighted by molar-refractivity contribution is 5.71. The molecule has 0 aromatic heterocycles. The quantitative estimate of drug-likeness (QED) is 0.0199. The first kappa shape index (κ1) is 68.3. The van der Waals surface area contributed by atoms with Gasteiger partial charge in [-0.3, -0.25) is 14.4 Å². The SMILES string of the molecule is CC/C=C\C/C=C\C/C=C\C/C=C\C/C=C\CCCCCC(=O)OCC(COC(=O)CCCCCCCCC/C=C\CCCCCCCC)OC(=O)CCCCCCC/C=C\C=C/CCCCCCCCC. The molecule has 0 aliphatic rings. The van der Waals surface area contributed by atoms with E-state index in [2.05, 4.69) is 118 Å². The van der Waals surface area contributed by atoms with Crippen LogP contribution in [0.4, 0.5) is 0 Å². The summed E-state index contributed by atoms with van der Waals surface area (Å²) in [5.74, 6) is -0.943. The molecule has 6 nitrogen and oxygen atoms in total. The van der Waals surface area contributed by atoms with Gasteiger partial charge in [-0.25, -0.2) is 0 Å². The van der Waals surface area contributed by atoms with Crippen LogP contribution in [0, 0.1) is 0 Å². The zero-order valence-electron chi connectivity index (χ0n) is 47.2. The van der Waals surface area contributed by atoms with Crippen LogP contribution in [0.15, 0.2) is 97.2 Å². The molecule has 0 N–H and O–H groups in total. The minimum absolute atomic E-state index is 0.0969. The van der Waals surface area contributed by atoms with E-state index in [1.165, 1.54) is 128 Å². The smallest absolute Gasteiger partial charge is 0.306 e. The van der Waals surface area contributed by atoms with Crippen molar-refractivity contribution in [3.05, 3.63) is 97.2 Å². The number of carbonyl (C=O) groups is 3. The lowest BCUT2D eigenvalue weighted by molar-refractivity contribution is -0.167. The van der Waals surface area contributed by atoms with Crippen molar-refractivity contribution in [1.82, 2.24) is 0 Å². The van der Waals surface area contributed by atoms with Gasteiger partial charge in [0.2, 0.25) is 0 Å². The predicted octanol–water partition coefficient (Wildman–Crippen LogP) is 20.5. The minimum atomic E-state index is -0.803. The van der Waals surface area contributed by atoms with Gasteiger partial charge in [-0.2, -0.15) is 0 Å². The Labute approximate surface area is 445 Å². The molecule has 0 spiro atoms. The Morgan fingerprint density at radius 1 is 0.306 bits per heavy atom. The molecule has 0 bridgehead atoms. The van der Waals surface area contributed by atoms with Crippen LogP contribution in [-0.2, 0) is 28.6 Å². The Bertz CT molecular complexity index is 1430. The molecule has 1 atom stereocenters. The number of ether oxygens (including phenoxy) is 3. The molecule has 0 rings (SSSR count). The first-order chi connectivity index (χ1) is 35.5. The molecule has 0 aliphatic heterocycles. The van der Waals surface area contributed by atoms with Crippen LogP contribution >= 0.6 is 0 Å². The fraction of sp³-hybridized carbons (Fsp3) is 0.712. The molecule has 0 amide bonds. The minimum Gasteiger partial charge on any atom is -0.462 e. The van der Waals surface area contributed by atoms with Gasteiger partial charge >= 0.3 is 17.9 Å². The zero-order valence-corrected chi connectivity index (χ0v) is 47.2. The van der Waals surface area contributed by atoms with Crippen molar-refractivity contribution >= 4 is 17.9 Å². The van der Waals surface area contributed by atoms with Gasteiger partial charge in [0.25, 0.3) is 0 Å². The Kier molecular flexibility index (Phi) is 56.8. The first-order valence-electron chi connectivity index (χ1n) is 30.3. The van der Waals surface area contributed by atoms with Crippen molar-refractivity contribution in [2.24, 2.45) is 0 Å². The highest BCUT2D eigenvalue weighted by Gasteiger charge is 2.19. The van der Waals surface area contributed by atoms with Gasteiger partial charge in [0.05, 0.1) is 0 Å². The van der Waals surface area contributed by atoms with Crippen molar-refractivity contribution in [2.45, 2.75) is 290 Å². The Morgan fingerprint density at radius 2 is 0.583 bits per heavy atom. The predicted molar refractivity (Wildman–Crippen MR) is 311 cm³/mol. The van der Waals surface area contributed by atoms with Crippen LogP contribution in [0.1, 0.15) is 284 Å². The van der Waals surface area contributed by atoms with Gasteiger partial charge in [-0.05, 0) is 116 Å². The molecule has 412 valence electrons. The van der Waals surface area contributed by atoms with Crippen molar-refractivity contribution < 1.29 is 28.6 Å². The lowest BCUT2D eigenvalue weighted by atomic mass is 10.1. The molecule has 0 saturated carbocycles.